The first-order valence-electron chi connectivity index (χ1n) is 7.49. The van der Waals surface area contributed by atoms with E-state index in [1.807, 2.05) is 30.9 Å². The molecule has 0 bridgehead atoms. The molecule has 0 spiro atoms. The summed E-state index contributed by atoms with van der Waals surface area (Å²) in [6.45, 7) is 4.66. The van der Waals surface area contributed by atoms with Crippen LogP contribution in [-0.2, 0) is 4.79 Å². The Kier molecular flexibility index (Phi) is 6.80. The lowest BCUT2D eigenvalue weighted by Gasteiger charge is -2.34. The second-order valence-corrected chi connectivity index (χ2v) is 6.45. The molecule has 1 saturated carbocycles. The third-order valence-electron chi connectivity index (χ3n) is 4.27. The van der Waals surface area contributed by atoms with Crippen LogP contribution >= 0.6 is 0 Å². The fourth-order valence-corrected chi connectivity index (χ4v) is 2.69. The van der Waals surface area contributed by atoms with Gasteiger partial charge in [0.05, 0.1) is 6.54 Å². The molecule has 1 rings (SSSR count). The molecular formula is C15H31N3O. The van der Waals surface area contributed by atoms with Gasteiger partial charge in [-0.2, -0.15) is 0 Å². The first kappa shape index (κ1) is 16.4. The minimum atomic E-state index is 0.204. The predicted octanol–water partition coefficient (Wildman–Crippen LogP) is 1.52. The van der Waals surface area contributed by atoms with Gasteiger partial charge >= 0.3 is 0 Å². The van der Waals surface area contributed by atoms with Crippen LogP contribution in [0.25, 0.3) is 0 Å². The zero-order valence-electron chi connectivity index (χ0n) is 13.4. The van der Waals surface area contributed by atoms with E-state index in [1.54, 1.807) is 0 Å². The van der Waals surface area contributed by atoms with Crippen LogP contribution in [0.5, 0.6) is 0 Å². The van der Waals surface area contributed by atoms with Crippen molar-refractivity contribution in [1.82, 2.24) is 14.7 Å². The maximum absolute atomic E-state index is 11.9. The number of carbonyl (C=O) groups excluding carboxylic acids is 1. The normalized spacial score (nSPS) is 23.9. The minimum absolute atomic E-state index is 0.204. The lowest BCUT2D eigenvalue weighted by Crippen LogP contribution is -2.42. The number of hydrogen-bond donors (Lipinski definition) is 0. The van der Waals surface area contributed by atoms with Crippen LogP contribution in [0.15, 0.2) is 0 Å². The average Bonchev–Trinajstić information content (AvgIpc) is 2.35. The Morgan fingerprint density at radius 1 is 1.00 bits per heavy atom. The SMILES string of the molecule is CC1CCC(N(C)CCN(C)C(=O)CN(C)C)CC1. The second-order valence-electron chi connectivity index (χ2n) is 6.45. The molecule has 0 aromatic heterocycles. The summed E-state index contributed by atoms with van der Waals surface area (Å²) < 4.78 is 0. The van der Waals surface area contributed by atoms with Crippen LogP contribution in [0, 0.1) is 5.92 Å². The zero-order valence-corrected chi connectivity index (χ0v) is 13.4. The smallest absolute Gasteiger partial charge is 0.236 e. The van der Waals surface area contributed by atoms with Crippen molar-refractivity contribution in [2.24, 2.45) is 5.92 Å². The molecule has 0 heterocycles. The molecule has 4 nitrogen and oxygen atoms in total. The van der Waals surface area contributed by atoms with Gasteiger partial charge in [0, 0.05) is 26.2 Å². The van der Waals surface area contributed by atoms with Gasteiger partial charge in [-0.25, -0.2) is 0 Å². The summed E-state index contributed by atoms with van der Waals surface area (Å²) in [5.41, 5.74) is 0. The predicted molar refractivity (Wildman–Crippen MR) is 80.2 cm³/mol. The first-order chi connectivity index (χ1) is 8.90. The average molecular weight is 269 g/mol. The van der Waals surface area contributed by atoms with Gasteiger partial charge in [0.2, 0.25) is 5.91 Å². The summed E-state index contributed by atoms with van der Waals surface area (Å²) in [6.07, 6.45) is 5.33. The van der Waals surface area contributed by atoms with Crippen molar-refractivity contribution in [3.8, 4) is 0 Å². The molecular weight excluding hydrogens is 238 g/mol. The van der Waals surface area contributed by atoms with Crippen molar-refractivity contribution >= 4 is 5.91 Å². The van der Waals surface area contributed by atoms with Gasteiger partial charge in [-0.05, 0) is 52.7 Å². The molecule has 1 amide bonds. The zero-order chi connectivity index (χ0) is 14.4. The number of nitrogens with zero attached hydrogens (tertiary/aromatic N) is 3. The first-order valence-corrected chi connectivity index (χ1v) is 7.49. The third kappa shape index (κ3) is 5.91. The van der Waals surface area contributed by atoms with Crippen LogP contribution in [0.4, 0.5) is 0 Å². The van der Waals surface area contributed by atoms with E-state index < -0.39 is 0 Å². The Morgan fingerprint density at radius 2 is 1.58 bits per heavy atom. The van der Waals surface area contributed by atoms with Gasteiger partial charge in [0.15, 0.2) is 0 Å². The Bertz CT molecular complexity index is 273. The molecule has 19 heavy (non-hydrogen) atoms. The lowest BCUT2D eigenvalue weighted by molar-refractivity contribution is -0.130. The van der Waals surface area contributed by atoms with Gasteiger partial charge in [-0.1, -0.05) is 6.92 Å². The minimum Gasteiger partial charge on any atom is -0.343 e. The van der Waals surface area contributed by atoms with Crippen LogP contribution in [0.1, 0.15) is 32.6 Å². The molecule has 0 aliphatic heterocycles. The van der Waals surface area contributed by atoms with E-state index in [0.29, 0.717) is 12.6 Å². The van der Waals surface area contributed by atoms with Gasteiger partial charge in [-0.3, -0.25) is 4.79 Å². The van der Waals surface area contributed by atoms with E-state index in [2.05, 4.69) is 18.9 Å². The molecule has 0 radical (unpaired) electrons. The molecule has 112 valence electrons. The van der Waals surface area contributed by atoms with Crippen LogP contribution in [-0.4, -0.2) is 74.5 Å². The van der Waals surface area contributed by atoms with E-state index in [4.69, 9.17) is 0 Å². The fraction of sp³-hybridized carbons (Fsp3) is 0.933. The monoisotopic (exact) mass is 269 g/mol. The Labute approximate surface area is 118 Å². The Morgan fingerprint density at radius 3 is 2.11 bits per heavy atom. The number of amides is 1. The molecule has 0 aromatic carbocycles. The topological polar surface area (TPSA) is 26.8 Å². The van der Waals surface area contributed by atoms with Crippen molar-refractivity contribution < 1.29 is 4.79 Å². The molecule has 0 atom stereocenters. The maximum atomic E-state index is 11.9. The number of rotatable bonds is 6. The van der Waals surface area contributed by atoms with Crippen LogP contribution in [0.3, 0.4) is 0 Å². The summed E-state index contributed by atoms with van der Waals surface area (Å²) in [5, 5.41) is 0. The van der Waals surface area contributed by atoms with Gasteiger partial charge in [0.1, 0.15) is 0 Å². The standard InChI is InChI=1S/C15H31N3O/c1-13-6-8-14(9-7-13)17(4)10-11-18(5)15(19)12-16(2)3/h13-14H,6-12H2,1-5H3. The highest BCUT2D eigenvalue weighted by Crippen LogP contribution is 2.26. The van der Waals surface area contributed by atoms with Crippen molar-refractivity contribution in [1.29, 1.82) is 0 Å². The third-order valence-corrected chi connectivity index (χ3v) is 4.27. The summed E-state index contributed by atoms with van der Waals surface area (Å²) in [7, 11) is 7.97. The number of hydrogen-bond acceptors (Lipinski definition) is 3. The highest BCUT2D eigenvalue weighted by Gasteiger charge is 2.21. The molecule has 1 fully saturated rings. The molecule has 0 N–H and O–H groups in total. The molecule has 0 unspecified atom stereocenters. The number of likely N-dealkylation sites (N-methyl/N-ethyl adjacent to an activating group) is 3. The Balaban J connectivity index is 2.25. The van der Waals surface area contributed by atoms with E-state index >= 15 is 0 Å². The molecule has 1 aliphatic carbocycles. The summed E-state index contributed by atoms with van der Waals surface area (Å²) in [4.78, 5) is 18.1. The van der Waals surface area contributed by atoms with Crippen molar-refractivity contribution in [2.75, 3.05) is 47.8 Å². The van der Waals surface area contributed by atoms with Crippen LogP contribution in [0.2, 0.25) is 0 Å². The van der Waals surface area contributed by atoms with E-state index in [1.165, 1.54) is 25.7 Å². The largest absolute Gasteiger partial charge is 0.343 e. The van der Waals surface area contributed by atoms with Gasteiger partial charge in [-0.15, -0.1) is 0 Å². The van der Waals surface area contributed by atoms with E-state index in [-0.39, 0.29) is 5.91 Å². The summed E-state index contributed by atoms with van der Waals surface area (Å²) >= 11 is 0. The summed E-state index contributed by atoms with van der Waals surface area (Å²) in [5.74, 6) is 1.10. The Hall–Kier alpha value is -0.610. The van der Waals surface area contributed by atoms with E-state index in [0.717, 1.165) is 19.0 Å². The van der Waals surface area contributed by atoms with Crippen molar-refractivity contribution in [3.05, 3.63) is 0 Å². The summed E-state index contributed by atoms with van der Waals surface area (Å²) in [6, 6.07) is 0.716. The van der Waals surface area contributed by atoms with E-state index in [9.17, 15) is 4.79 Å². The quantitative estimate of drug-likeness (QED) is 0.731. The lowest BCUT2D eigenvalue weighted by atomic mass is 9.87. The maximum Gasteiger partial charge on any atom is 0.236 e. The van der Waals surface area contributed by atoms with Crippen molar-refractivity contribution in [2.45, 2.75) is 38.6 Å². The second kappa shape index (κ2) is 7.85. The fourth-order valence-electron chi connectivity index (χ4n) is 2.69. The van der Waals surface area contributed by atoms with Gasteiger partial charge in [0.25, 0.3) is 0 Å². The molecule has 0 saturated heterocycles. The molecule has 0 aromatic rings. The molecule has 1 aliphatic rings. The van der Waals surface area contributed by atoms with Gasteiger partial charge < -0.3 is 14.7 Å². The number of carbonyl (C=O) groups is 1. The molecule has 4 heteroatoms. The highest BCUT2D eigenvalue weighted by molar-refractivity contribution is 5.77. The van der Waals surface area contributed by atoms with Crippen molar-refractivity contribution in [3.63, 3.8) is 0 Å². The van der Waals surface area contributed by atoms with Crippen LogP contribution < -0.4 is 0 Å². The highest BCUT2D eigenvalue weighted by atomic mass is 16.2.